The molecule has 0 saturated heterocycles. The second-order valence-corrected chi connectivity index (χ2v) is 5.10. The van der Waals surface area contributed by atoms with Gasteiger partial charge in [-0.15, -0.1) is 11.8 Å². The number of Topliss-reactive ketones (excluding diaryl/α,β-unsaturated/α-hetero) is 2. The van der Waals surface area contributed by atoms with Crippen LogP contribution in [0.5, 0.6) is 0 Å². The van der Waals surface area contributed by atoms with Gasteiger partial charge in [0.15, 0.2) is 5.78 Å². The highest BCUT2D eigenvalue weighted by Gasteiger charge is 2.22. The summed E-state index contributed by atoms with van der Waals surface area (Å²) < 4.78 is 0. The number of hydrogen-bond acceptors (Lipinski definition) is 3. The Morgan fingerprint density at radius 3 is 2.27 bits per heavy atom. The quantitative estimate of drug-likeness (QED) is 0.578. The lowest BCUT2D eigenvalue weighted by Gasteiger charge is -2.00. The van der Waals surface area contributed by atoms with Crippen LogP contribution >= 0.6 is 11.8 Å². The molecule has 0 aromatic heterocycles. The average Bonchev–Trinajstić information content (AvgIpc) is 3.02. The molecule has 1 fully saturated rings. The van der Waals surface area contributed by atoms with Crippen LogP contribution in [0.1, 0.15) is 30.1 Å². The zero-order chi connectivity index (χ0) is 10.8. The normalized spacial score (nSPS) is 15.0. The summed E-state index contributed by atoms with van der Waals surface area (Å²) in [6.45, 7) is 1.30. The molecule has 1 aromatic carbocycles. The average molecular weight is 220 g/mol. The van der Waals surface area contributed by atoms with Gasteiger partial charge in [0.25, 0.3) is 0 Å². The maximum Gasteiger partial charge on any atom is 0.228 e. The second-order valence-electron chi connectivity index (χ2n) is 3.73. The maximum atomic E-state index is 11.3. The minimum atomic E-state index is -0.405. The zero-order valence-corrected chi connectivity index (χ0v) is 9.34. The highest BCUT2D eigenvalue weighted by Crippen LogP contribution is 2.38. The largest absolute Gasteiger partial charge is 0.291 e. The van der Waals surface area contributed by atoms with Gasteiger partial charge in [-0.3, -0.25) is 9.59 Å². The van der Waals surface area contributed by atoms with Crippen molar-refractivity contribution in [3.8, 4) is 0 Å². The van der Waals surface area contributed by atoms with Crippen LogP contribution < -0.4 is 0 Å². The van der Waals surface area contributed by atoms with Crippen molar-refractivity contribution >= 4 is 23.3 Å². The number of ketones is 2. The van der Waals surface area contributed by atoms with Crippen molar-refractivity contribution in [3.63, 3.8) is 0 Å². The molecule has 1 aliphatic carbocycles. The van der Waals surface area contributed by atoms with E-state index in [1.54, 1.807) is 12.1 Å². The first-order chi connectivity index (χ1) is 7.16. The molecule has 0 spiro atoms. The molecular formula is C12H12O2S. The van der Waals surface area contributed by atoms with Gasteiger partial charge in [-0.05, 0) is 37.1 Å². The maximum absolute atomic E-state index is 11.3. The summed E-state index contributed by atoms with van der Waals surface area (Å²) in [6.07, 6.45) is 2.58. The lowest BCUT2D eigenvalue weighted by atomic mass is 10.1. The first kappa shape index (κ1) is 10.4. The predicted octanol–water partition coefficient (Wildman–Crippen LogP) is 2.71. The molecule has 1 aliphatic rings. The first-order valence-electron chi connectivity index (χ1n) is 4.99. The Morgan fingerprint density at radius 1 is 1.20 bits per heavy atom. The fraction of sp³-hybridized carbons (Fsp3) is 0.333. The molecule has 0 bridgehead atoms. The number of carbonyl (C=O) groups excluding carboxylic acids is 2. The SMILES string of the molecule is CC(=O)C(=O)c1ccc(SC2CC2)cc1. The van der Waals surface area contributed by atoms with Gasteiger partial charge >= 0.3 is 0 Å². The number of carbonyl (C=O) groups is 2. The number of benzene rings is 1. The van der Waals surface area contributed by atoms with Crippen LogP contribution in [0.4, 0.5) is 0 Å². The molecule has 15 heavy (non-hydrogen) atoms. The van der Waals surface area contributed by atoms with Gasteiger partial charge in [-0.2, -0.15) is 0 Å². The van der Waals surface area contributed by atoms with Crippen molar-refractivity contribution in [1.82, 2.24) is 0 Å². The molecule has 0 radical (unpaired) electrons. The Bertz CT molecular complexity index is 391. The number of hydrogen-bond donors (Lipinski definition) is 0. The lowest BCUT2D eigenvalue weighted by molar-refractivity contribution is -0.113. The van der Waals surface area contributed by atoms with E-state index in [4.69, 9.17) is 0 Å². The van der Waals surface area contributed by atoms with Crippen LogP contribution in [-0.4, -0.2) is 16.8 Å². The van der Waals surface area contributed by atoms with E-state index in [1.165, 1.54) is 24.7 Å². The van der Waals surface area contributed by atoms with Crippen LogP contribution in [0.15, 0.2) is 29.2 Å². The molecule has 0 amide bonds. The van der Waals surface area contributed by atoms with Crippen LogP contribution in [0.2, 0.25) is 0 Å². The van der Waals surface area contributed by atoms with Crippen molar-refractivity contribution in [3.05, 3.63) is 29.8 Å². The molecule has 1 saturated carbocycles. The minimum Gasteiger partial charge on any atom is -0.291 e. The smallest absolute Gasteiger partial charge is 0.228 e. The summed E-state index contributed by atoms with van der Waals surface area (Å²) in [6, 6.07) is 7.29. The van der Waals surface area contributed by atoms with Gasteiger partial charge in [0.2, 0.25) is 5.78 Å². The Morgan fingerprint density at radius 2 is 1.80 bits per heavy atom. The fourth-order valence-electron chi connectivity index (χ4n) is 1.27. The minimum absolute atomic E-state index is 0.405. The summed E-state index contributed by atoms with van der Waals surface area (Å²) in [5.74, 6) is -0.810. The van der Waals surface area contributed by atoms with Gasteiger partial charge < -0.3 is 0 Å². The van der Waals surface area contributed by atoms with Gasteiger partial charge in [0.1, 0.15) is 0 Å². The molecule has 0 unspecified atom stereocenters. The van der Waals surface area contributed by atoms with Gasteiger partial charge in [-0.1, -0.05) is 0 Å². The predicted molar refractivity (Wildman–Crippen MR) is 60.3 cm³/mol. The van der Waals surface area contributed by atoms with Gasteiger partial charge in [0.05, 0.1) is 0 Å². The number of thioether (sulfide) groups is 1. The summed E-state index contributed by atoms with van der Waals surface area (Å²) in [7, 11) is 0. The zero-order valence-electron chi connectivity index (χ0n) is 8.53. The van der Waals surface area contributed by atoms with E-state index in [1.807, 2.05) is 23.9 Å². The van der Waals surface area contributed by atoms with Crippen molar-refractivity contribution in [2.24, 2.45) is 0 Å². The van der Waals surface area contributed by atoms with Crippen molar-refractivity contribution < 1.29 is 9.59 Å². The third-order valence-electron chi connectivity index (χ3n) is 2.26. The van der Waals surface area contributed by atoms with E-state index < -0.39 is 11.6 Å². The number of rotatable bonds is 4. The van der Waals surface area contributed by atoms with Crippen molar-refractivity contribution in [2.45, 2.75) is 29.9 Å². The molecule has 3 heteroatoms. The molecule has 0 atom stereocenters. The van der Waals surface area contributed by atoms with Crippen LogP contribution in [-0.2, 0) is 4.79 Å². The van der Waals surface area contributed by atoms with Crippen LogP contribution in [0, 0.1) is 0 Å². The summed E-state index contributed by atoms with van der Waals surface area (Å²) >= 11 is 1.84. The highest BCUT2D eigenvalue weighted by molar-refractivity contribution is 8.00. The van der Waals surface area contributed by atoms with Gasteiger partial charge in [-0.25, -0.2) is 0 Å². The van der Waals surface area contributed by atoms with E-state index in [0.29, 0.717) is 5.56 Å². The lowest BCUT2D eigenvalue weighted by Crippen LogP contribution is -2.09. The Kier molecular flexibility index (Phi) is 2.91. The molecule has 1 aromatic rings. The monoisotopic (exact) mass is 220 g/mol. The fourth-order valence-corrected chi connectivity index (χ4v) is 2.32. The summed E-state index contributed by atoms with van der Waals surface area (Å²) in [5, 5.41) is 0.763. The molecule has 2 rings (SSSR count). The van der Waals surface area contributed by atoms with E-state index in [2.05, 4.69) is 0 Å². The highest BCUT2D eigenvalue weighted by atomic mass is 32.2. The summed E-state index contributed by atoms with van der Waals surface area (Å²) in [4.78, 5) is 23.4. The molecule has 0 heterocycles. The Balaban J connectivity index is 2.08. The molecule has 78 valence electrons. The standard InChI is InChI=1S/C12H12O2S/c1-8(13)12(14)9-2-4-10(5-3-9)15-11-6-7-11/h2-5,11H,6-7H2,1H3. The van der Waals surface area contributed by atoms with Crippen LogP contribution in [0.3, 0.4) is 0 Å². The Hall–Kier alpha value is -1.09. The topological polar surface area (TPSA) is 34.1 Å². The van der Waals surface area contributed by atoms with E-state index >= 15 is 0 Å². The van der Waals surface area contributed by atoms with E-state index in [9.17, 15) is 9.59 Å². The third kappa shape index (κ3) is 2.69. The molecule has 0 N–H and O–H groups in total. The first-order valence-corrected chi connectivity index (χ1v) is 5.87. The van der Waals surface area contributed by atoms with Crippen LogP contribution in [0.25, 0.3) is 0 Å². The summed E-state index contributed by atoms with van der Waals surface area (Å²) in [5.41, 5.74) is 0.489. The van der Waals surface area contributed by atoms with Crippen molar-refractivity contribution in [1.29, 1.82) is 0 Å². The third-order valence-corrected chi connectivity index (χ3v) is 3.61. The second kappa shape index (κ2) is 4.19. The van der Waals surface area contributed by atoms with Gasteiger partial charge in [0, 0.05) is 22.6 Å². The van der Waals surface area contributed by atoms with Crippen molar-refractivity contribution in [2.75, 3.05) is 0 Å². The van der Waals surface area contributed by atoms with E-state index in [0.717, 1.165) is 5.25 Å². The Labute approximate surface area is 93.1 Å². The molecule has 2 nitrogen and oxygen atoms in total. The molecule has 0 aliphatic heterocycles. The van der Waals surface area contributed by atoms with E-state index in [-0.39, 0.29) is 0 Å². The molecular weight excluding hydrogens is 208 g/mol.